The summed E-state index contributed by atoms with van der Waals surface area (Å²) in [6.45, 7) is 2.47. The molecule has 1 saturated heterocycles. The predicted molar refractivity (Wildman–Crippen MR) is 152 cm³/mol. The number of aromatic carboxylic acids is 1. The van der Waals surface area contributed by atoms with Gasteiger partial charge in [0.25, 0.3) is 0 Å². The Morgan fingerprint density at radius 2 is 1.60 bits per heavy atom. The monoisotopic (exact) mass is 573 g/mol. The third kappa shape index (κ3) is 6.58. The highest BCUT2D eigenvalue weighted by Gasteiger charge is 2.30. The Bertz CT molecular complexity index is 1360. The van der Waals surface area contributed by atoms with Crippen LogP contribution in [0.2, 0.25) is 0 Å². The molecule has 8 heteroatoms. The quantitative estimate of drug-likeness (QED) is 0.278. The van der Waals surface area contributed by atoms with Crippen LogP contribution in [0.5, 0.6) is 0 Å². The number of nitrogens with zero attached hydrogens (tertiary/aromatic N) is 1. The summed E-state index contributed by atoms with van der Waals surface area (Å²) in [4.78, 5) is 13.9. The molecule has 0 bridgehead atoms. The molecular weight excluding hydrogens is 542 g/mol. The third-order valence-corrected chi connectivity index (χ3v) is 7.76. The van der Waals surface area contributed by atoms with Gasteiger partial charge in [0.05, 0.1) is 17.8 Å². The molecule has 0 radical (unpaired) electrons. The van der Waals surface area contributed by atoms with Crippen LogP contribution in [0, 0.1) is 5.92 Å². The van der Waals surface area contributed by atoms with E-state index in [9.17, 15) is 27.5 Å². The number of aryl methyl sites for hydroxylation is 1. The predicted octanol–water partition coefficient (Wildman–Crippen LogP) is 7.95. The summed E-state index contributed by atoms with van der Waals surface area (Å²) in [6.07, 6.45) is -0.781. The van der Waals surface area contributed by atoms with E-state index in [4.69, 9.17) is 0 Å². The molecule has 1 heterocycles. The van der Waals surface area contributed by atoms with Crippen LogP contribution in [0.4, 0.5) is 17.6 Å². The molecule has 1 N–H and O–H groups in total. The highest BCUT2D eigenvalue weighted by Crippen LogP contribution is 2.41. The average molecular weight is 574 g/mol. The smallest absolute Gasteiger partial charge is 0.416 e. The van der Waals surface area contributed by atoms with Crippen molar-refractivity contribution in [3.8, 4) is 0 Å². The van der Waals surface area contributed by atoms with Crippen molar-refractivity contribution >= 4 is 29.5 Å². The van der Waals surface area contributed by atoms with Gasteiger partial charge in [-0.25, -0.2) is 4.79 Å². The molecular formula is C32H32ClF4NO2. The Morgan fingerprint density at radius 3 is 2.23 bits per heavy atom. The molecule has 1 aliphatic heterocycles. The maximum atomic E-state index is 13.2. The van der Waals surface area contributed by atoms with Crippen molar-refractivity contribution in [1.82, 2.24) is 4.90 Å². The van der Waals surface area contributed by atoms with Gasteiger partial charge in [-0.05, 0) is 101 Å². The van der Waals surface area contributed by atoms with Gasteiger partial charge in [0.1, 0.15) is 0 Å². The summed E-state index contributed by atoms with van der Waals surface area (Å²) in [7, 11) is 0. The highest BCUT2D eigenvalue weighted by atomic mass is 35.5. The lowest BCUT2D eigenvalue weighted by Crippen LogP contribution is -2.47. The molecule has 3 aromatic rings. The van der Waals surface area contributed by atoms with Crippen LogP contribution in [0.1, 0.15) is 63.0 Å². The number of carboxylic acids is 1. The van der Waals surface area contributed by atoms with Crippen molar-refractivity contribution in [3.05, 3.63) is 106 Å². The Labute approximate surface area is 237 Å². The lowest BCUT2D eigenvalue weighted by atomic mass is 9.86. The van der Waals surface area contributed by atoms with Gasteiger partial charge < -0.3 is 10.0 Å². The molecule has 0 spiro atoms. The van der Waals surface area contributed by atoms with Gasteiger partial charge in [-0.2, -0.15) is 13.2 Å². The first-order chi connectivity index (χ1) is 18.7. The van der Waals surface area contributed by atoms with E-state index in [2.05, 4.69) is 29.2 Å². The van der Waals surface area contributed by atoms with E-state index in [1.807, 2.05) is 6.07 Å². The van der Waals surface area contributed by atoms with Gasteiger partial charge in [-0.3, -0.25) is 4.39 Å². The van der Waals surface area contributed by atoms with E-state index in [1.54, 1.807) is 12.1 Å². The van der Waals surface area contributed by atoms with E-state index in [0.29, 0.717) is 25.2 Å². The minimum absolute atomic E-state index is 0. The molecule has 0 saturated carbocycles. The Morgan fingerprint density at radius 1 is 0.925 bits per heavy atom. The van der Waals surface area contributed by atoms with Gasteiger partial charge >= 0.3 is 12.1 Å². The minimum Gasteiger partial charge on any atom is -0.478 e. The summed E-state index contributed by atoms with van der Waals surface area (Å²) >= 11 is 0. The van der Waals surface area contributed by atoms with E-state index in [-0.39, 0.29) is 24.6 Å². The third-order valence-electron chi connectivity index (χ3n) is 7.76. The largest absolute Gasteiger partial charge is 0.478 e. The number of allylic oxidation sites excluding steroid dienone is 1. The highest BCUT2D eigenvalue weighted by molar-refractivity contribution is 6.00. The number of alkyl halides is 4. The topological polar surface area (TPSA) is 40.5 Å². The number of hydrogen-bond acceptors (Lipinski definition) is 2. The second-order valence-electron chi connectivity index (χ2n) is 10.5. The van der Waals surface area contributed by atoms with Crippen LogP contribution >= 0.6 is 12.4 Å². The summed E-state index contributed by atoms with van der Waals surface area (Å²) in [5, 5.41) is 9.52. The average Bonchev–Trinajstić information content (AvgIpc) is 3.09. The van der Waals surface area contributed by atoms with Crippen LogP contribution in [-0.2, 0) is 19.0 Å². The summed E-state index contributed by atoms with van der Waals surface area (Å²) in [5.41, 5.74) is 6.19. The normalized spacial score (nSPS) is 16.1. The number of rotatable bonds is 8. The van der Waals surface area contributed by atoms with Crippen LogP contribution < -0.4 is 0 Å². The van der Waals surface area contributed by atoms with Crippen molar-refractivity contribution < 1.29 is 27.5 Å². The zero-order valence-electron chi connectivity index (χ0n) is 22.0. The number of fused-ring (bicyclic) bond motifs is 1. The van der Waals surface area contributed by atoms with Crippen molar-refractivity contribution in [2.45, 2.75) is 38.3 Å². The number of carboxylic acid groups (broad SMARTS) is 1. The number of likely N-dealkylation sites (tertiary alicyclic amines) is 1. The number of hydrogen-bond donors (Lipinski definition) is 1. The fourth-order valence-corrected chi connectivity index (χ4v) is 5.81. The second kappa shape index (κ2) is 12.6. The fraction of sp³-hybridized carbons (Fsp3) is 0.344. The van der Waals surface area contributed by atoms with Gasteiger partial charge in [0.2, 0.25) is 0 Å². The van der Waals surface area contributed by atoms with Gasteiger partial charge in [-0.1, -0.05) is 42.5 Å². The molecule has 0 atom stereocenters. The number of benzene rings is 3. The Hall–Kier alpha value is -3.16. The maximum Gasteiger partial charge on any atom is 0.416 e. The molecule has 40 heavy (non-hydrogen) atoms. The molecule has 1 aliphatic carbocycles. The Kier molecular flexibility index (Phi) is 9.37. The molecule has 1 fully saturated rings. The second-order valence-corrected chi connectivity index (χ2v) is 10.5. The Balaban J connectivity index is 0.00000370. The van der Waals surface area contributed by atoms with Gasteiger partial charge in [0.15, 0.2) is 0 Å². The molecule has 3 aromatic carbocycles. The first kappa shape index (κ1) is 29.8. The standard InChI is InChI=1S/C32H31F4NO2.ClH/c33-15-2-16-37-19-22(20-37)17-21-5-7-24(8-6-21)30-28(23-9-12-27(13-10-23)32(34,35)36)4-1-3-25-18-26(31(38)39)11-14-29(25)30;/h5-14,18,22H,1-4,15-17,19-20H2,(H,38,39);1H. The summed E-state index contributed by atoms with van der Waals surface area (Å²) in [5.74, 6) is -0.440. The first-order valence-electron chi connectivity index (χ1n) is 13.4. The number of carbonyl (C=O) groups is 1. The number of halogens is 5. The zero-order chi connectivity index (χ0) is 27.6. The molecule has 3 nitrogen and oxygen atoms in total. The first-order valence-corrected chi connectivity index (χ1v) is 13.4. The summed E-state index contributed by atoms with van der Waals surface area (Å²) in [6, 6.07) is 18.8. The van der Waals surface area contributed by atoms with Crippen LogP contribution in [-0.4, -0.2) is 42.3 Å². The molecule has 0 aromatic heterocycles. The van der Waals surface area contributed by atoms with Crippen molar-refractivity contribution in [3.63, 3.8) is 0 Å². The maximum absolute atomic E-state index is 13.2. The molecule has 0 amide bonds. The molecule has 212 valence electrons. The van der Waals surface area contributed by atoms with Crippen LogP contribution in [0.15, 0.2) is 66.7 Å². The van der Waals surface area contributed by atoms with Crippen molar-refractivity contribution in [1.29, 1.82) is 0 Å². The molecule has 0 unspecified atom stereocenters. The molecule has 5 rings (SSSR count). The van der Waals surface area contributed by atoms with Crippen molar-refractivity contribution in [2.75, 3.05) is 26.3 Å². The van der Waals surface area contributed by atoms with E-state index < -0.39 is 17.7 Å². The van der Waals surface area contributed by atoms with Crippen molar-refractivity contribution in [2.24, 2.45) is 5.92 Å². The van der Waals surface area contributed by atoms with E-state index >= 15 is 0 Å². The van der Waals surface area contributed by atoms with E-state index in [0.717, 1.165) is 78.0 Å². The minimum atomic E-state index is -4.40. The molecule has 2 aliphatic rings. The lowest BCUT2D eigenvalue weighted by molar-refractivity contribution is -0.137. The van der Waals surface area contributed by atoms with Crippen LogP contribution in [0.25, 0.3) is 11.1 Å². The van der Waals surface area contributed by atoms with Crippen LogP contribution in [0.3, 0.4) is 0 Å². The zero-order valence-corrected chi connectivity index (χ0v) is 22.8. The fourth-order valence-electron chi connectivity index (χ4n) is 5.81. The SMILES string of the molecule is Cl.O=C(O)c1ccc2c(c1)CCCC(c1ccc(C(F)(F)F)cc1)=C2c1ccc(CC2CN(CCCF)C2)cc1. The summed E-state index contributed by atoms with van der Waals surface area (Å²) < 4.78 is 52.1. The van der Waals surface area contributed by atoms with Gasteiger partial charge in [0, 0.05) is 19.6 Å². The lowest BCUT2D eigenvalue weighted by Gasteiger charge is -2.39. The van der Waals surface area contributed by atoms with E-state index in [1.165, 1.54) is 17.7 Å². The van der Waals surface area contributed by atoms with Gasteiger partial charge in [-0.15, -0.1) is 12.4 Å².